The predicted octanol–water partition coefficient (Wildman–Crippen LogP) is 3.99. The van der Waals surface area contributed by atoms with Gasteiger partial charge in [-0.2, -0.15) is 18.2 Å². The van der Waals surface area contributed by atoms with E-state index in [9.17, 15) is 8.42 Å². The van der Waals surface area contributed by atoms with Crippen LogP contribution in [0.5, 0.6) is 0 Å². The summed E-state index contributed by atoms with van der Waals surface area (Å²) in [4.78, 5) is 0.382. The molecule has 2 aromatic rings. The Kier molecular flexibility index (Phi) is 4.46. The maximum atomic E-state index is 13.0. The Bertz CT molecular complexity index is 673. The summed E-state index contributed by atoms with van der Waals surface area (Å²) >= 11 is 0. The Balaban J connectivity index is 2.51. The number of benzene rings is 1. The third-order valence-electron chi connectivity index (χ3n) is 3.48. The molecule has 0 amide bonds. The third-order valence-corrected chi connectivity index (χ3v) is 9.26. The number of hydrogen-bond donors (Lipinski definition) is 0. The fourth-order valence-corrected chi connectivity index (χ4v) is 8.44. The molecule has 0 bridgehead atoms. The zero-order chi connectivity index (χ0) is 15.7. The van der Waals surface area contributed by atoms with E-state index in [1.165, 1.54) is 0 Å². The first-order chi connectivity index (χ1) is 9.74. The summed E-state index contributed by atoms with van der Waals surface area (Å²) in [6.45, 7) is 8.15. The van der Waals surface area contributed by atoms with Crippen molar-refractivity contribution in [1.29, 1.82) is 0 Å². The molecule has 1 atom stereocenters. The van der Waals surface area contributed by atoms with E-state index < -0.39 is 18.3 Å². The van der Waals surface area contributed by atoms with Crippen molar-refractivity contribution in [3.8, 4) is 0 Å². The van der Waals surface area contributed by atoms with E-state index in [4.69, 9.17) is 0 Å². The fourth-order valence-electron chi connectivity index (χ4n) is 2.66. The van der Waals surface area contributed by atoms with E-state index in [2.05, 4.69) is 19.6 Å². The van der Waals surface area contributed by atoms with Gasteiger partial charge in [-0.15, -0.1) is 0 Å². The molecule has 0 aliphatic rings. The van der Waals surface area contributed by atoms with Crippen LogP contribution in [0, 0.1) is 0 Å². The van der Waals surface area contributed by atoms with Gasteiger partial charge in [-0.1, -0.05) is 50.0 Å². The van der Waals surface area contributed by atoms with Gasteiger partial charge < -0.3 is 0 Å². The highest BCUT2D eigenvalue weighted by atomic mass is 32.2. The van der Waals surface area contributed by atoms with Crippen LogP contribution in [-0.4, -0.2) is 20.6 Å². The second-order valence-electron chi connectivity index (χ2n) is 6.18. The summed E-state index contributed by atoms with van der Waals surface area (Å²) in [7, 11) is -5.55. The molecule has 0 saturated carbocycles. The van der Waals surface area contributed by atoms with Crippen molar-refractivity contribution in [2.45, 2.75) is 37.5 Å². The van der Waals surface area contributed by atoms with Crippen LogP contribution in [0.2, 0.25) is 19.6 Å². The fraction of sp³-hybridized carbons (Fsp3) is 0.312. The van der Waals surface area contributed by atoms with Crippen molar-refractivity contribution >= 4 is 18.3 Å². The Morgan fingerprint density at radius 3 is 2.14 bits per heavy atom. The number of nitrogens with zero attached hydrogens (tertiary/aromatic N) is 1. The highest BCUT2D eigenvalue weighted by Gasteiger charge is 2.38. The second kappa shape index (κ2) is 5.83. The molecule has 21 heavy (non-hydrogen) atoms. The van der Waals surface area contributed by atoms with E-state index in [-0.39, 0.29) is 6.04 Å². The first-order valence-corrected chi connectivity index (χ1v) is 11.9. The molecule has 0 spiro atoms. The number of hydrogen-bond acceptors (Lipinski definition) is 2. The molecule has 2 rings (SSSR count). The third kappa shape index (κ3) is 3.31. The van der Waals surface area contributed by atoms with Gasteiger partial charge in [-0.05, 0) is 17.4 Å². The topological polar surface area (TPSA) is 37.4 Å². The van der Waals surface area contributed by atoms with Gasteiger partial charge in [0.2, 0.25) is 10.0 Å². The van der Waals surface area contributed by atoms with Crippen molar-refractivity contribution in [2.24, 2.45) is 0 Å². The lowest BCUT2D eigenvalue weighted by Crippen LogP contribution is -2.50. The predicted molar refractivity (Wildman–Crippen MR) is 89.3 cm³/mol. The largest absolute Gasteiger partial charge is 0.216 e. The normalized spacial score (nSPS) is 14.3. The van der Waals surface area contributed by atoms with Crippen molar-refractivity contribution in [3.05, 3.63) is 60.2 Å². The lowest BCUT2D eigenvalue weighted by Gasteiger charge is -2.38. The molecule has 0 fully saturated rings. The maximum Gasteiger partial charge on any atom is 0.213 e. The van der Waals surface area contributed by atoms with Gasteiger partial charge in [0.15, 0.2) is 0 Å². The Morgan fingerprint density at radius 1 is 1.05 bits per heavy atom. The lowest BCUT2D eigenvalue weighted by molar-refractivity contribution is 0.463. The molecule has 114 valence electrons. The molecular weight excluding hydrogens is 298 g/mol. The molecule has 0 aromatic heterocycles. The van der Waals surface area contributed by atoms with Gasteiger partial charge in [-0.3, -0.25) is 0 Å². The van der Waals surface area contributed by atoms with Gasteiger partial charge in [0.05, 0.1) is 0 Å². The molecular formula is C16H22NO2SSi-. The smallest absolute Gasteiger partial charge is 0.213 e. The molecule has 3 nitrogen and oxygen atoms in total. The average molecular weight is 321 g/mol. The van der Waals surface area contributed by atoms with E-state index in [1.54, 1.807) is 28.2 Å². The van der Waals surface area contributed by atoms with E-state index in [0.29, 0.717) is 4.90 Å². The zero-order valence-electron chi connectivity index (χ0n) is 12.9. The number of rotatable bonds is 5. The molecule has 0 unspecified atom stereocenters. The average Bonchev–Trinajstić information content (AvgIpc) is 2.92. The quantitative estimate of drug-likeness (QED) is 0.617. The van der Waals surface area contributed by atoms with E-state index in [0.717, 1.165) is 5.56 Å². The highest BCUT2D eigenvalue weighted by Crippen LogP contribution is 2.32. The van der Waals surface area contributed by atoms with Crippen LogP contribution in [0.1, 0.15) is 18.5 Å². The van der Waals surface area contributed by atoms with Crippen molar-refractivity contribution < 1.29 is 8.42 Å². The van der Waals surface area contributed by atoms with Gasteiger partial charge in [0.25, 0.3) is 0 Å². The van der Waals surface area contributed by atoms with Crippen LogP contribution in [-0.2, 0) is 10.0 Å². The first kappa shape index (κ1) is 16.1. The summed E-state index contributed by atoms with van der Waals surface area (Å²) in [5.74, 6) is 0. The SMILES string of the molecule is C[C@H](c1ccccc1)N([Si](C)(C)C)S(=O)(=O)c1ccc[cH-]1. The van der Waals surface area contributed by atoms with Crippen LogP contribution in [0.3, 0.4) is 0 Å². The van der Waals surface area contributed by atoms with Crippen molar-refractivity contribution in [2.75, 3.05) is 0 Å². The highest BCUT2D eigenvalue weighted by molar-refractivity contribution is 7.90. The van der Waals surface area contributed by atoms with Gasteiger partial charge in [0.1, 0.15) is 8.24 Å². The zero-order valence-corrected chi connectivity index (χ0v) is 14.8. The van der Waals surface area contributed by atoms with E-state index in [1.807, 2.05) is 37.3 Å². The van der Waals surface area contributed by atoms with Gasteiger partial charge in [-0.25, -0.2) is 18.5 Å². The number of sulfonamides is 1. The molecule has 5 heteroatoms. The monoisotopic (exact) mass is 320 g/mol. The first-order valence-electron chi connectivity index (χ1n) is 7.06. The van der Waals surface area contributed by atoms with Gasteiger partial charge in [0, 0.05) is 6.04 Å². The summed E-state index contributed by atoms with van der Waals surface area (Å²) in [6, 6.07) is 16.5. The maximum absolute atomic E-state index is 13.0. The lowest BCUT2D eigenvalue weighted by atomic mass is 10.1. The van der Waals surface area contributed by atoms with Crippen molar-refractivity contribution in [1.82, 2.24) is 3.97 Å². The summed E-state index contributed by atoms with van der Waals surface area (Å²) < 4.78 is 27.8. The van der Waals surface area contributed by atoms with Crippen LogP contribution in [0.15, 0.2) is 59.5 Å². The molecule has 2 aromatic carbocycles. The molecule has 0 heterocycles. The van der Waals surface area contributed by atoms with Crippen LogP contribution in [0.25, 0.3) is 0 Å². The standard InChI is InChI=1S/C16H22NO2SSi/c1-14(15-10-6-5-7-11-15)17(21(2,3)4)20(18,19)16-12-8-9-13-16/h5-14H,1-4H3/q-1/t14-/m1/s1. The second-order valence-corrected chi connectivity index (χ2v) is 13.1. The molecule has 0 N–H and O–H groups in total. The summed E-state index contributed by atoms with van der Waals surface area (Å²) in [6.07, 6.45) is 0. The molecule has 0 radical (unpaired) electrons. The summed E-state index contributed by atoms with van der Waals surface area (Å²) in [5, 5.41) is 0. The van der Waals surface area contributed by atoms with Crippen LogP contribution < -0.4 is 0 Å². The molecule has 0 aliphatic heterocycles. The van der Waals surface area contributed by atoms with E-state index >= 15 is 0 Å². The Labute approximate surface area is 128 Å². The Hall–Kier alpha value is -1.30. The van der Waals surface area contributed by atoms with Crippen LogP contribution >= 0.6 is 0 Å². The minimum absolute atomic E-state index is 0.169. The van der Waals surface area contributed by atoms with Crippen LogP contribution in [0.4, 0.5) is 0 Å². The Morgan fingerprint density at radius 2 is 1.67 bits per heavy atom. The van der Waals surface area contributed by atoms with Crippen molar-refractivity contribution in [3.63, 3.8) is 0 Å². The minimum Gasteiger partial charge on any atom is -0.216 e. The minimum atomic E-state index is -3.47. The summed E-state index contributed by atoms with van der Waals surface area (Å²) in [5.41, 5.74) is 1.02. The molecule has 0 aliphatic carbocycles. The molecule has 0 saturated heterocycles. The van der Waals surface area contributed by atoms with Gasteiger partial charge >= 0.3 is 0 Å².